The van der Waals surface area contributed by atoms with Gasteiger partial charge in [0.1, 0.15) is 12.1 Å². The molecule has 2 fully saturated rings. The lowest BCUT2D eigenvalue weighted by molar-refractivity contribution is -0.121. The number of carbonyl (C=O) groups is 2. The maximum atomic E-state index is 12.6. The van der Waals surface area contributed by atoms with Gasteiger partial charge >= 0.3 is 0 Å². The van der Waals surface area contributed by atoms with Crippen LogP contribution in [-0.2, 0) is 9.59 Å². The maximum absolute atomic E-state index is 12.6. The van der Waals surface area contributed by atoms with Gasteiger partial charge in [0, 0.05) is 12.3 Å². The van der Waals surface area contributed by atoms with Crippen molar-refractivity contribution in [1.29, 1.82) is 0 Å². The molecule has 0 unspecified atom stereocenters. The van der Waals surface area contributed by atoms with E-state index in [4.69, 9.17) is 0 Å². The van der Waals surface area contributed by atoms with Gasteiger partial charge in [0.25, 0.3) is 0 Å². The fourth-order valence-electron chi connectivity index (χ4n) is 5.76. The first-order valence-corrected chi connectivity index (χ1v) is 10.5. The number of aliphatic hydroxyl groups is 1. The van der Waals surface area contributed by atoms with E-state index < -0.39 is 11.5 Å². The highest BCUT2D eigenvalue weighted by molar-refractivity contribution is 5.94. The van der Waals surface area contributed by atoms with Crippen LogP contribution in [0.15, 0.2) is 46.6 Å². The molecule has 0 saturated heterocycles. The topological polar surface area (TPSA) is 54.4 Å². The first-order valence-electron chi connectivity index (χ1n) is 10.5. The molecule has 0 aromatic carbocycles. The minimum atomic E-state index is -1.03. The van der Waals surface area contributed by atoms with E-state index in [-0.39, 0.29) is 23.5 Å². The van der Waals surface area contributed by atoms with Crippen molar-refractivity contribution in [2.45, 2.75) is 72.3 Å². The number of hydrogen-bond acceptors (Lipinski definition) is 3. The molecule has 1 N–H and O–H groups in total. The van der Waals surface area contributed by atoms with Crippen LogP contribution in [0.5, 0.6) is 0 Å². The Kier molecular flexibility index (Phi) is 5.69. The van der Waals surface area contributed by atoms with E-state index in [2.05, 4.69) is 45.9 Å². The summed E-state index contributed by atoms with van der Waals surface area (Å²) in [5.41, 5.74) is 3.64. The van der Waals surface area contributed by atoms with Gasteiger partial charge in [-0.05, 0) is 70.3 Å². The van der Waals surface area contributed by atoms with Gasteiger partial charge in [0.05, 0.1) is 11.5 Å². The van der Waals surface area contributed by atoms with Crippen molar-refractivity contribution in [2.75, 3.05) is 0 Å². The second-order valence-electron chi connectivity index (χ2n) is 9.86. The Morgan fingerprint density at radius 1 is 1.25 bits per heavy atom. The predicted octanol–water partition coefficient (Wildman–Crippen LogP) is 5.12. The zero-order chi connectivity index (χ0) is 20.7. The molecule has 152 valence electrons. The monoisotopic (exact) mass is 382 g/mol. The summed E-state index contributed by atoms with van der Waals surface area (Å²) in [6.45, 7) is 10.4. The van der Waals surface area contributed by atoms with Crippen LogP contribution >= 0.6 is 0 Å². The highest BCUT2D eigenvalue weighted by atomic mass is 16.3. The largest absolute Gasteiger partial charge is 0.389 e. The molecule has 3 nitrogen and oxygen atoms in total. The van der Waals surface area contributed by atoms with Crippen LogP contribution in [0.2, 0.25) is 0 Å². The smallest absolute Gasteiger partial charge is 0.146 e. The standard InChI is InChI=1S/C25H34O3/c1-16(2)7-6-8-17(3)19-11-12-24(4)13-21-23(22(27)14-25(21,5)28)18(15-26)9-10-20(19)24/h6-9,15,20-21,23,28H,10-14H2,1-5H3/b8-6+,18-9?,19-17+/t20-,21-,23-,24+,25+/m0/s1. The van der Waals surface area contributed by atoms with Crippen LogP contribution in [0.3, 0.4) is 0 Å². The molecule has 3 aliphatic rings. The lowest BCUT2D eigenvalue weighted by Crippen LogP contribution is -2.39. The van der Waals surface area contributed by atoms with Gasteiger partial charge in [-0.25, -0.2) is 0 Å². The Labute approximate surface area is 169 Å². The Morgan fingerprint density at radius 2 is 1.96 bits per heavy atom. The normalized spacial score (nSPS) is 39.7. The third-order valence-corrected chi connectivity index (χ3v) is 7.36. The highest BCUT2D eigenvalue weighted by Gasteiger charge is 2.55. The Balaban J connectivity index is 2.01. The second-order valence-corrected chi connectivity index (χ2v) is 9.86. The van der Waals surface area contributed by atoms with E-state index in [1.165, 1.54) is 16.7 Å². The second kappa shape index (κ2) is 7.59. The number of Topliss-reactive ketones (excluding diaryl/α,β-unsaturated/α-hetero) is 1. The number of fused-ring (bicyclic) bond motifs is 2. The fourth-order valence-corrected chi connectivity index (χ4v) is 5.76. The van der Waals surface area contributed by atoms with E-state index in [1.54, 1.807) is 6.92 Å². The van der Waals surface area contributed by atoms with Crippen LogP contribution in [0.25, 0.3) is 0 Å². The molecular formula is C25H34O3. The summed E-state index contributed by atoms with van der Waals surface area (Å²) < 4.78 is 0. The first kappa shape index (κ1) is 21.0. The maximum Gasteiger partial charge on any atom is 0.146 e. The van der Waals surface area contributed by atoms with Gasteiger partial charge in [-0.15, -0.1) is 0 Å². The molecule has 0 aliphatic heterocycles. The third-order valence-electron chi connectivity index (χ3n) is 7.36. The molecule has 0 bridgehead atoms. The number of rotatable bonds is 3. The van der Waals surface area contributed by atoms with Gasteiger partial charge in [0.15, 0.2) is 0 Å². The fraction of sp³-hybridized carbons (Fsp3) is 0.600. The van der Waals surface area contributed by atoms with Crippen molar-refractivity contribution in [3.8, 4) is 0 Å². The van der Waals surface area contributed by atoms with Crippen LogP contribution in [0.1, 0.15) is 66.7 Å². The molecule has 28 heavy (non-hydrogen) atoms. The third kappa shape index (κ3) is 3.74. The van der Waals surface area contributed by atoms with E-state index in [9.17, 15) is 14.7 Å². The zero-order valence-corrected chi connectivity index (χ0v) is 17.9. The van der Waals surface area contributed by atoms with E-state index >= 15 is 0 Å². The highest BCUT2D eigenvalue weighted by Crippen LogP contribution is 2.58. The van der Waals surface area contributed by atoms with Crippen molar-refractivity contribution < 1.29 is 14.7 Å². The minimum Gasteiger partial charge on any atom is -0.389 e. The number of carbonyl (C=O) groups excluding carboxylic acids is 2. The van der Waals surface area contributed by atoms with Crippen LogP contribution < -0.4 is 0 Å². The molecule has 0 aromatic rings. The molecule has 3 heteroatoms. The molecule has 5 atom stereocenters. The first-order chi connectivity index (χ1) is 13.1. The lowest BCUT2D eigenvalue weighted by atomic mass is 9.64. The number of aldehydes is 1. The van der Waals surface area contributed by atoms with Gasteiger partial charge in [0.2, 0.25) is 0 Å². The molecule has 3 rings (SSSR count). The summed E-state index contributed by atoms with van der Waals surface area (Å²) >= 11 is 0. The quantitative estimate of drug-likeness (QED) is 0.545. The number of ketones is 1. The average Bonchev–Trinajstić information content (AvgIpc) is 3.01. The van der Waals surface area contributed by atoms with E-state index in [0.29, 0.717) is 11.5 Å². The molecule has 0 spiro atoms. The van der Waals surface area contributed by atoms with Crippen molar-refractivity contribution in [3.05, 3.63) is 46.6 Å². The number of hydrogen-bond donors (Lipinski definition) is 1. The summed E-state index contributed by atoms with van der Waals surface area (Å²) in [5, 5.41) is 11.0. The van der Waals surface area contributed by atoms with Crippen LogP contribution in [0.4, 0.5) is 0 Å². The zero-order valence-electron chi connectivity index (χ0n) is 17.9. The molecule has 2 saturated carbocycles. The van der Waals surface area contributed by atoms with Crippen LogP contribution in [-0.4, -0.2) is 22.8 Å². The number of allylic oxidation sites excluding steroid dienone is 8. The molecule has 0 heterocycles. The predicted molar refractivity (Wildman–Crippen MR) is 113 cm³/mol. The minimum absolute atomic E-state index is 0.0185. The van der Waals surface area contributed by atoms with Crippen molar-refractivity contribution in [3.63, 3.8) is 0 Å². The Hall–Kier alpha value is -1.74. The summed E-state index contributed by atoms with van der Waals surface area (Å²) in [5.74, 6) is -0.238. The molecule has 3 aliphatic carbocycles. The summed E-state index contributed by atoms with van der Waals surface area (Å²) in [4.78, 5) is 24.4. The van der Waals surface area contributed by atoms with Gasteiger partial charge in [-0.2, -0.15) is 0 Å². The summed E-state index contributed by atoms with van der Waals surface area (Å²) in [7, 11) is 0. The van der Waals surface area contributed by atoms with E-state index in [1.807, 2.05) is 6.08 Å². The molecular weight excluding hydrogens is 348 g/mol. The lowest BCUT2D eigenvalue weighted by Gasteiger charge is -2.41. The summed E-state index contributed by atoms with van der Waals surface area (Å²) in [6.07, 6.45) is 13.1. The van der Waals surface area contributed by atoms with Gasteiger partial charge in [-0.3, -0.25) is 9.59 Å². The average molecular weight is 383 g/mol. The summed E-state index contributed by atoms with van der Waals surface area (Å²) in [6, 6.07) is 0. The Morgan fingerprint density at radius 3 is 2.61 bits per heavy atom. The molecule has 0 radical (unpaired) electrons. The van der Waals surface area contributed by atoms with Crippen LogP contribution in [0, 0.1) is 23.2 Å². The van der Waals surface area contributed by atoms with Crippen molar-refractivity contribution in [1.82, 2.24) is 0 Å². The van der Waals surface area contributed by atoms with E-state index in [0.717, 1.165) is 32.0 Å². The SMILES string of the molecule is CC(C)=C/C=C/C(C)=C1\CC[C@]2(C)C[C@H]3[C@@H](C(=O)C[C@@]3(C)O)C(C=O)=CC[C@@H]12. The Bertz CT molecular complexity index is 789. The molecule has 0 aromatic heterocycles. The van der Waals surface area contributed by atoms with Gasteiger partial charge in [-0.1, -0.05) is 47.9 Å². The van der Waals surface area contributed by atoms with Crippen molar-refractivity contribution in [2.24, 2.45) is 23.2 Å². The van der Waals surface area contributed by atoms with Gasteiger partial charge < -0.3 is 5.11 Å². The van der Waals surface area contributed by atoms with Crippen molar-refractivity contribution >= 4 is 12.1 Å². The molecule has 0 amide bonds.